The zero-order valence-electron chi connectivity index (χ0n) is 14.7. The third-order valence-corrected chi connectivity index (χ3v) is 4.72. The Morgan fingerprint density at radius 1 is 1.28 bits per heavy atom. The Hall–Kier alpha value is -3.73. The first kappa shape index (κ1) is 20.0. The van der Waals surface area contributed by atoms with Gasteiger partial charge in [-0.25, -0.2) is 9.37 Å². The average Bonchev–Trinajstić information content (AvgIpc) is 2.69. The Kier molecular flexibility index (Phi) is 5.88. The van der Waals surface area contributed by atoms with Gasteiger partial charge in [0.25, 0.3) is 17.2 Å². The fourth-order valence-corrected chi connectivity index (χ4v) is 3.21. The number of anilines is 2. The number of aromatic amines is 1. The quantitative estimate of drug-likeness (QED) is 0.243. The molecule has 0 atom stereocenters. The van der Waals surface area contributed by atoms with Gasteiger partial charge in [0.1, 0.15) is 11.5 Å². The Morgan fingerprint density at radius 2 is 2.03 bits per heavy atom. The molecule has 0 aliphatic rings. The number of nitrogen functional groups attached to an aromatic ring is 1. The third kappa shape index (κ3) is 4.76. The predicted octanol–water partition coefficient (Wildman–Crippen LogP) is 2.94. The molecule has 0 bridgehead atoms. The van der Waals surface area contributed by atoms with Crippen molar-refractivity contribution in [2.75, 3.05) is 11.1 Å². The maximum atomic E-state index is 13.7. The Labute approximate surface area is 167 Å². The molecule has 0 unspecified atom stereocenters. The van der Waals surface area contributed by atoms with Crippen molar-refractivity contribution in [2.45, 2.75) is 10.9 Å². The maximum Gasteiger partial charge on any atom is 0.277 e. The minimum atomic E-state index is -0.834. The minimum Gasteiger partial charge on any atom is -0.382 e. The van der Waals surface area contributed by atoms with E-state index in [-0.39, 0.29) is 27.9 Å². The highest BCUT2D eigenvalue weighted by atomic mass is 32.2. The van der Waals surface area contributed by atoms with E-state index >= 15 is 0 Å². The number of amides is 1. The fourth-order valence-electron chi connectivity index (χ4n) is 2.40. The number of nitro benzene ring substituents is 1. The first-order chi connectivity index (χ1) is 13.8. The topological polar surface area (TPSA) is 144 Å². The molecule has 29 heavy (non-hydrogen) atoms. The molecule has 2 aromatic carbocycles. The molecule has 3 aromatic rings. The molecule has 1 aromatic heterocycles. The van der Waals surface area contributed by atoms with E-state index in [9.17, 15) is 24.1 Å². The lowest BCUT2D eigenvalue weighted by Crippen LogP contribution is -2.23. The molecule has 4 N–H and O–H groups in total. The summed E-state index contributed by atoms with van der Waals surface area (Å²) in [6.45, 7) is 0. The lowest BCUT2D eigenvalue weighted by molar-refractivity contribution is -0.384. The normalized spacial score (nSPS) is 10.5. The van der Waals surface area contributed by atoms with E-state index in [1.54, 1.807) is 12.1 Å². The molecular formula is C18H14FN5O4S. The number of nitrogens with zero attached hydrogens (tertiary/aromatic N) is 2. The van der Waals surface area contributed by atoms with Crippen molar-refractivity contribution >= 4 is 34.9 Å². The Balaban J connectivity index is 1.75. The summed E-state index contributed by atoms with van der Waals surface area (Å²) in [4.78, 5) is 41.3. The van der Waals surface area contributed by atoms with Crippen molar-refractivity contribution in [3.63, 3.8) is 0 Å². The summed E-state index contributed by atoms with van der Waals surface area (Å²) < 4.78 is 13.7. The third-order valence-electron chi connectivity index (χ3n) is 3.78. The van der Waals surface area contributed by atoms with E-state index in [1.807, 2.05) is 0 Å². The molecular weight excluding hydrogens is 401 g/mol. The maximum absolute atomic E-state index is 13.7. The summed E-state index contributed by atoms with van der Waals surface area (Å²) in [6.07, 6.45) is 0. The van der Waals surface area contributed by atoms with Gasteiger partial charge in [-0.15, -0.1) is 0 Å². The number of aromatic nitrogens is 2. The van der Waals surface area contributed by atoms with Gasteiger partial charge in [-0.1, -0.05) is 36.0 Å². The summed E-state index contributed by atoms with van der Waals surface area (Å²) >= 11 is 1.11. The van der Waals surface area contributed by atoms with Gasteiger partial charge < -0.3 is 11.1 Å². The number of thioether (sulfide) groups is 1. The number of hydrogen-bond acceptors (Lipinski definition) is 7. The van der Waals surface area contributed by atoms with Gasteiger partial charge >= 0.3 is 0 Å². The van der Waals surface area contributed by atoms with Crippen molar-refractivity contribution in [1.82, 2.24) is 9.97 Å². The molecule has 1 amide bonds. The second kappa shape index (κ2) is 8.52. The minimum absolute atomic E-state index is 0.0460. The van der Waals surface area contributed by atoms with Gasteiger partial charge in [-0.05, 0) is 17.7 Å². The van der Waals surface area contributed by atoms with Crippen LogP contribution in [0.25, 0.3) is 0 Å². The number of non-ortho nitro benzene ring substituents is 1. The van der Waals surface area contributed by atoms with Crippen molar-refractivity contribution in [3.8, 4) is 0 Å². The number of hydrogen-bond donors (Lipinski definition) is 3. The lowest BCUT2D eigenvalue weighted by atomic mass is 10.2. The number of nitrogens with one attached hydrogen (secondary N) is 2. The van der Waals surface area contributed by atoms with Crippen molar-refractivity contribution in [1.29, 1.82) is 0 Å². The number of H-pyrrole nitrogens is 1. The van der Waals surface area contributed by atoms with E-state index < -0.39 is 22.2 Å². The standard InChI is InChI=1S/C18H14FN5O4S/c19-13-7-2-1-6-12(13)16(25)21-14-15(20)22-18(23-17(14)26)29-9-10-4-3-5-11(8-10)24(27)28/h1-8H,9H2,(H,21,25)(H3,20,22,23,26). The van der Waals surface area contributed by atoms with Crippen LogP contribution in [0.4, 0.5) is 21.6 Å². The molecule has 3 rings (SSSR count). The van der Waals surface area contributed by atoms with E-state index in [1.165, 1.54) is 30.3 Å². The first-order valence-corrected chi connectivity index (χ1v) is 9.15. The highest BCUT2D eigenvalue weighted by molar-refractivity contribution is 7.98. The van der Waals surface area contributed by atoms with Crippen LogP contribution >= 0.6 is 11.8 Å². The summed E-state index contributed by atoms with van der Waals surface area (Å²) in [5, 5.41) is 13.3. The molecule has 1 heterocycles. The lowest BCUT2D eigenvalue weighted by Gasteiger charge is -2.09. The molecule has 0 saturated heterocycles. The zero-order valence-corrected chi connectivity index (χ0v) is 15.5. The molecule has 11 heteroatoms. The molecule has 0 saturated carbocycles. The second-order valence-electron chi connectivity index (χ2n) is 5.78. The number of halogens is 1. The van der Waals surface area contributed by atoms with E-state index in [2.05, 4.69) is 15.3 Å². The summed E-state index contributed by atoms with van der Waals surface area (Å²) in [6, 6.07) is 11.3. The van der Waals surface area contributed by atoms with Crippen LogP contribution in [0.3, 0.4) is 0 Å². The van der Waals surface area contributed by atoms with Gasteiger partial charge in [0.05, 0.1) is 10.5 Å². The van der Waals surface area contributed by atoms with Crippen molar-refractivity contribution in [2.24, 2.45) is 0 Å². The van der Waals surface area contributed by atoms with Crippen LogP contribution in [0.5, 0.6) is 0 Å². The van der Waals surface area contributed by atoms with Crippen LogP contribution in [0.2, 0.25) is 0 Å². The average molecular weight is 415 g/mol. The molecule has 0 spiro atoms. The summed E-state index contributed by atoms with van der Waals surface area (Å²) in [5.74, 6) is -1.51. The Bertz CT molecular complexity index is 1150. The molecule has 0 aliphatic heterocycles. The van der Waals surface area contributed by atoms with Crippen LogP contribution < -0.4 is 16.6 Å². The SMILES string of the molecule is Nc1nc(SCc2cccc([N+](=O)[O-])c2)[nH]c(=O)c1NC(=O)c1ccccc1F. The molecule has 0 aliphatic carbocycles. The zero-order chi connectivity index (χ0) is 21.0. The van der Waals surface area contributed by atoms with Crippen LogP contribution in [-0.4, -0.2) is 20.8 Å². The second-order valence-corrected chi connectivity index (χ2v) is 6.75. The number of carbonyl (C=O) groups excluding carboxylic acids is 1. The number of nitro groups is 1. The number of benzene rings is 2. The van der Waals surface area contributed by atoms with Crippen LogP contribution in [0.15, 0.2) is 58.5 Å². The molecule has 0 radical (unpaired) electrons. The van der Waals surface area contributed by atoms with Crippen LogP contribution in [0.1, 0.15) is 15.9 Å². The smallest absolute Gasteiger partial charge is 0.277 e. The van der Waals surface area contributed by atoms with E-state index in [0.717, 1.165) is 17.8 Å². The van der Waals surface area contributed by atoms with Gasteiger partial charge in [0.2, 0.25) is 0 Å². The van der Waals surface area contributed by atoms with Gasteiger partial charge in [-0.3, -0.25) is 24.7 Å². The van der Waals surface area contributed by atoms with E-state index in [0.29, 0.717) is 11.3 Å². The first-order valence-electron chi connectivity index (χ1n) is 8.17. The summed E-state index contributed by atoms with van der Waals surface area (Å²) in [5.41, 5.74) is 5.15. The predicted molar refractivity (Wildman–Crippen MR) is 106 cm³/mol. The monoisotopic (exact) mass is 415 g/mol. The highest BCUT2D eigenvalue weighted by Crippen LogP contribution is 2.23. The fraction of sp³-hybridized carbons (Fsp3) is 0.0556. The largest absolute Gasteiger partial charge is 0.382 e. The van der Waals surface area contributed by atoms with Gasteiger partial charge in [-0.2, -0.15) is 0 Å². The van der Waals surface area contributed by atoms with Crippen LogP contribution in [0, 0.1) is 15.9 Å². The van der Waals surface area contributed by atoms with Crippen molar-refractivity contribution < 1.29 is 14.1 Å². The molecule has 148 valence electrons. The molecule has 9 nitrogen and oxygen atoms in total. The van der Waals surface area contributed by atoms with Gasteiger partial charge in [0, 0.05) is 17.9 Å². The van der Waals surface area contributed by atoms with Gasteiger partial charge in [0.15, 0.2) is 11.0 Å². The van der Waals surface area contributed by atoms with E-state index in [4.69, 9.17) is 5.73 Å². The highest BCUT2D eigenvalue weighted by Gasteiger charge is 2.16. The van der Waals surface area contributed by atoms with Crippen molar-refractivity contribution in [3.05, 3.63) is 85.9 Å². The Morgan fingerprint density at radius 3 is 2.72 bits per heavy atom. The van der Waals surface area contributed by atoms with Crippen LogP contribution in [-0.2, 0) is 5.75 Å². The molecule has 0 fully saturated rings. The number of nitrogens with two attached hydrogens (primary N) is 1. The number of carbonyl (C=O) groups is 1. The summed E-state index contributed by atoms with van der Waals surface area (Å²) in [7, 11) is 0. The number of rotatable bonds is 6.